The van der Waals surface area contributed by atoms with Gasteiger partial charge < -0.3 is 7.59 Å². The predicted molar refractivity (Wildman–Crippen MR) is 115 cm³/mol. The number of hydrogen-bond donors (Lipinski definition) is 0. The van der Waals surface area contributed by atoms with Gasteiger partial charge in [-0.1, -0.05) is 31.5 Å². The van der Waals surface area contributed by atoms with Crippen molar-refractivity contribution in [3.05, 3.63) is 22.8 Å². The summed E-state index contributed by atoms with van der Waals surface area (Å²) < 4.78 is 5.79. The van der Waals surface area contributed by atoms with Gasteiger partial charge in [-0.3, -0.25) is 14.4 Å². The van der Waals surface area contributed by atoms with E-state index in [1.165, 1.54) is 6.92 Å². The van der Waals surface area contributed by atoms with Crippen molar-refractivity contribution in [1.82, 2.24) is 0 Å². The van der Waals surface area contributed by atoms with E-state index < -0.39 is 5.60 Å². The van der Waals surface area contributed by atoms with Crippen molar-refractivity contribution in [2.45, 2.75) is 71.8 Å². The van der Waals surface area contributed by atoms with E-state index in [-0.39, 0.29) is 80.8 Å². The van der Waals surface area contributed by atoms with Gasteiger partial charge in [0, 0.05) is 23.8 Å². The predicted octanol–water partition coefficient (Wildman–Crippen LogP) is 4.60. The van der Waals surface area contributed by atoms with Gasteiger partial charge in [0.05, 0.1) is 0 Å². The Kier molecular flexibility index (Phi) is 6.29. The molecule has 0 unspecified atom stereocenters. The van der Waals surface area contributed by atoms with Gasteiger partial charge in [0.1, 0.15) is 0 Å². The zero-order valence-electron chi connectivity index (χ0n) is 19.8. The van der Waals surface area contributed by atoms with Crippen LogP contribution in [0.5, 0.6) is 0 Å². The number of carbonyl (C=O) groups excluding carboxylic acids is 3. The molecule has 2 fully saturated rings. The molecule has 0 aliphatic heterocycles. The van der Waals surface area contributed by atoms with Gasteiger partial charge >= 0.3 is 43.7 Å². The first-order valence-electron chi connectivity index (χ1n) is 10.4. The van der Waals surface area contributed by atoms with Crippen LogP contribution in [0.1, 0.15) is 69.1 Å². The largest absolute Gasteiger partial charge is 2.00 e. The van der Waals surface area contributed by atoms with Crippen molar-refractivity contribution in [3.8, 4) is 0 Å². The molecule has 0 bridgehead atoms. The van der Waals surface area contributed by atoms with Crippen LogP contribution < -0.4 is 0 Å². The number of ketones is 2. The Morgan fingerprint density at radius 2 is 1.79 bits per heavy atom. The zero-order chi connectivity index (χ0) is 20.5. The summed E-state index contributed by atoms with van der Waals surface area (Å²) in [7, 11) is 0. The molecule has 0 aromatic rings. The zero-order valence-corrected chi connectivity index (χ0v) is 20.8. The molecule has 4 rings (SSSR count). The molecule has 156 valence electrons. The van der Waals surface area contributed by atoms with E-state index in [4.69, 9.17) is 16.3 Å². The quantitative estimate of drug-likeness (QED) is 0.459. The van der Waals surface area contributed by atoms with Crippen molar-refractivity contribution in [1.29, 1.82) is 0 Å². The summed E-state index contributed by atoms with van der Waals surface area (Å²) >= 11 is 6.71. The Labute approximate surface area is 210 Å². The van der Waals surface area contributed by atoms with Gasteiger partial charge in [-0.15, -0.1) is 0 Å². The van der Waals surface area contributed by atoms with Crippen LogP contribution in [0.2, 0.25) is 0 Å². The molecule has 6 atom stereocenters. The Morgan fingerprint density at radius 1 is 1.14 bits per heavy atom. The molecule has 0 heterocycles. The maximum atomic E-state index is 12.7. The first kappa shape index (κ1) is 23.5. The molecule has 0 spiro atoms. The molecule has 4 aliphatic rings. The van der Waals surface area contributed by atoms with Gasteiger partial charge in [0.15, 0.2) is 17.2 Å². The molecular formula is C23H31CaClO4. The molecule has 4 nitrogen and oxygen atoms in total. The number of Topliss-reactive ketones (excluding diaryl/α,β-unsaturated/α-hetero) is 1. The van der Waals surface area contributed by atoms with Crippen molar-refractivity contribution < 1.29 is 22.0 Å². The van der Waals surface area contributed by atoms with Crippen LogP contribution >= 0.6 is 11.6 Å². The Hall–Kier alpha value is -0.160. The van der Waals surface area contributed by atoms with E-state index in [1.807, 2.05) is 0 Å². The minimum absolute atomic E-state index is 0. The summed E-state index contributed by atoms with van der Waals surface area (Å²) in [5.41, 5.74) is -0.532. The molecular weight excluding hydrogens is 416 g/mol. The molecule has 4 aliphatic carbocycles. The number of halogens is 1. The second kappa shape index (κ2) is 7.76. The SMILES string of the molecule is CC(=O)O[C@]1(C(C)=O)CC[C@H]2[C@@H]3C=C(Cl)C4=CC(=O)CC[C@]4(C)[C@H]3CC[C@@]21C.[Ca+2].[H-].[H-]. The van der Waals surface area contributed by atoms with Crippen LogP contribution in [0.4, 0.5) is 0 Å². The molecule has 0 radical (unpaired) electrons. The fourth-order valence-electron chi connectivity index (χ4n) is 7.13. The first-order valence-corrected chi connectivity index (χ1v) is 10.8. The van der Waals surface area contributed by atoms with Gasteiger partial charge in [-0.05, 0) is 73.8 Å². The number of fused-ring (bicyclic) bond motifs is 5. The number of rotatable bonds is 2. The van der Waals surface area contributed by atoms with Crippen LogP contribution in [-0.4, -0.2) is 60.9 Å². The van der Waals surface area contributed by atoms with Gasteiger partial charge in [-0.25, -0.2) is 0 Å². The van der Waals surface area contributed by atoms with Crippen LogP contribution in [0.15, 0.2) is 22.8 Å². The third kappa shape index (κ3) is 3.23. The van der Waals surface area contributed by atoms with Crippen molar-refractivity contribution in [3.63, 3.8) is 0 Å². The third-order valence-electron chi connectivity index (χ3n) is 8.56. The second-order valence-electron chi connectivity index (χ2n) is 9.72. The fourth-order valence-corrected chi connectivity index (χ4v) is 7.55. The van der Waals surface area contributed by atoms with Crippen LogP contribution in [-0.2, 0) is 19.1 Å². The first-order chi connectivity index (χ1) is 13.0. The van der Waals surface area contributed by atoms with Crippen LogP contribution in [0, 0.1) is 28.6 Å². The number of carbonyl (C=O) groups is 3. The summed E-state index contributed by atoms with van der Waals surface area (Å²) in [4.78, 5) is 36.6. The Balaban J connectivity index is 0.00000160. The molecule has 0 aromatic heterocycles. The molecule has 0 saturated heterocycles. The molecule has 0 amide bonds. The summed E-state index contributed by atoms with van der Waals surface area (Å²) in [6.07, 6.45) is 8.48. The van der Waals surface area contributed by atoms with Crippen LogP contribution in [0.3, 0.4) is 0 Å². The maximum absolute atomic E-state index is 12.7. The minimum atomic E-state index is -1.03. The monoisotopic (exact) mass is 446 g/mol. The number of allylic oxidation sites excluding steroid dienone is 4. The summed E-state index contributed by atoms with van der Waals surface area (Å²) in [6.45, 7) is 7.33. The number of ether oxygens (including phenoxy) is 1. The molecule has 6 heteroatoms. The van der Waals surface area contributed by atoms with Crippen molar-refractivity contribution >= 4 is 66.9 Å². The average Bonchev–Trinajstić information content (AvgIpc) is 2.90. The Bertz CT molecular complexity index is 843. The van der Waals surface area contributed by atoms with E-state index >= 15 is 0 Å². The van der Waals surface area contributed by atoms with E-state index in [0.29, 0.717) is 23.8 Å². The van der Waals surface area contributed by atoms with E-state index in [2.05, 4.69) is 19.9 Å². The number of esters is 1. The minimum Gasteiger partial charge on any atom is -1.00 e. The maximum Gasteiger partial charge on any atom is 2.00 e. The Morgan fingerprint density at radius 3 is 2.41 bits per heavy atom. The van der Waals surface area contributed by atoms with Crippen molar-refractivity contribution in [2.24, 2.45) is 28.6 Å². The third-order valence-corrected chi connectivity index (χ3v) is 8.89. The van der Waals surface area contributed by atoms with E-state index in [0.717, 1.165) is 31.3 Å². The smallest absolute Gasteiger partial charge is 1.00 e. The molecule has 0 aromatic carbocycles. The molecule has 2 saturated carbocycles. The summed E-state index contributed by atoms with van der Waals surface area (Å²) in [5.74, 6) is 0.584. The number of hydrogen-bond acceptors (Lipinski definition) is 4. The van der Waals surface area contributed by atoms with Gasteiger partial charge in [-0.2, -0.15) is 0 Å². The van der Waals surface area contributed by atoms with Crippen molar-refractivity contribution in [2.75, 3.05) is 0 Å². The molecule has 0 N–H and O–H groups in total. The molecule has 29 heavy (non-hydrogen) atoms. The second-order valence-corrected chi connectivity index (χ2v) is 10.1. The summed E-state index contributed by atoms with van der Waals surface area (Å²) in [5, 5.41) is 0.689. The van der Waals surface area contributed by atoms with Gasteiger partial charge in [0.25, 0.3) is 0 Å². The summed E-state index contributed by atoms with van der Waals surface area (Å²) in [6, 6.07) is 0. The normalized spacial score (nSPS) is 43.1. The topological polar surface area (TPSA) is 60.4 Å². The van der Waals surface area contributed by atoms with E-state index in [9.17, 15) is 14.4 Å². The van der Waals surface area contributed by atoms with E-state index in [1.54, 1.807) is 13.0 Å². The van der Waals surface area contributed by atoms with Gasteiger partial charge in [0.2, 0.25) is 0 Å². The average molecular weight is 447 g/mol. The fraction of sp³-hybridized carbons (Fsp3) is 0.696. The standard InChI is InChI=1S/C23H29ClO4.Ca.2H/c1-13(25)23(28-14(2)26)10-7-18-16-12-20(24)19-11-15(27)5-8-21(19,3)17(16)6-9-22(18,23)4;;;/h11-12,16-18H,5-10H2,1-4H3;;;/q;+2;2*-1/t16-,17+,18+,21-,22+,23+;;;/m1.../s1. The van der Waals surface area contributed by atoms with Crippen LogP contribution in [0.25, 0.3) is 0 Å².